The van der Waals surface area contributed by atoms with E-state index in [9.17, 15) is 39.3 Å². The van der Waals surface area contributed by atoms with Crippen LogP contribution in [0.3, 0.4) is 0 Å². The molecular formula is C40H66N2O9. The van der Waals surface area contributed by atoms with Gasteiger partial charge in [-0.15, -0.1) is 0 Å². The van der Waals surface area contributed by atoms with Gasteiger partial charge in [0.05, 0.1) is 0 Å². The van der Waals surface area contributed by atoms with Gasteiger partial charge in [0.15, 0.2) is 0 Å². The first-order valence-electron chi connectivity index (χ1n) is 19.9. The van der Waals surface area contributed by atoms with Crippen molar-refractivity contribution in [2.45, 2.75) is 162 Å². The van der Waals surface area contributed by atoms with E-state index < -0.39 is 42.0 Å². The van der Waals surface area contributed by atoms with Crippen LogP contribution in [0.5, 0.6) is 0 Å². The van der Waals surface area contributed by atoms with E-state index in [0.29, 0.717) is 11.3 Å². The van der Waals surface area contributed by atoms with E-state index in [1.54, 1.807) is 0 Å². The van der Waals surface area contributed by atoms with Crippen LogP contribution < -0.4 is 10.6 Å². The van der Waals surface area contributed by atoms with Crippen molar-refractivity contribution >= 4 is 29.9 Å². The highest BCUT2D eigenvalue weighted by Crippen LogP contribution is 2.68. The van der Waals surface area contributed by atoms with Crippen LogP contribution in [0.4, 0.5) is 4.79 Å². The van der Waals surface area contributed by atoms with Crippen molar-refractivity contribution in [3.8, 4) is 0 Å². The SMILES string of the molecule is CC(C)CCC[C@@H](C)[C@H]1CCC2C3CC[C@H]4CC(OC(=O)CNC(=O)NC(CCC(=O)O)(CCC(=O)O)CCC(=O)O)CC[C@]4(C)C3CC[C@@]21C. The minimum atomic E-state index is -1.38. The molecule has 11 heteroatoms. The van der Waals surface area contributed by atoms with Gasteiger partial charge in [0, 0.05) is 24.8 Å². The molecule has 0 saturated heterocycles. The maximum atomic E-state index is 12.9. The molecule has 0 spiro atoms. The van der Waals surface area contributed by atoms with Gasteiger partial charge < -0.3 is 30.7 Å². The Morgan fingerprint density at radius 3 is 1.94 bits per heavy atom. The van der Waals surface area contributed by atoms with Crippen molar-refractivity contribution in [1.82, 2.24) is 10.6 Å². The molecule has 0 aromatic heterocycles. The predicted octanol–water partition coefficient (Wildman–Crippen LogP) is 7.65. The highest BCUT2D eigenvalue weighted by Gasteiger charge is 2.60. The van der Waals surface area contributed by atoms with Crippen LogP contribution >= 0.6 is 0 Å². The highest BCUT2D eigenvalue weighted by molar-refractivity contribution is 5.81. The van der Waals surface area contributed by atoms with Crippen molar-refractivity contribution < 1.29 is 44.0 Å². The summed E-state index contributed by atoms with van der Waals surface area (Å²) in [6.45, 7) is 11.9. The Morgan fingerprint density at radius 1 is 0.765 bits per heavy atom. The molecule has 4 rings (SSSR count). The van der Waals surface area contributed by atoms with E-state index in [0.717, 1.165) is 54.8 Å². The van der Waals surface area contributed by atoms with Crippen molar-refractivity contribution in [2.75, 3.05) is 6.54 Å². The number of carbonyl (C=O) groups excluding carboxylic acids is 2. The van der Waals surface area contributed by atoms with Gasteiger partial charge in [-0.1, -0.05) is 53.9 Å². The second-order valence-corrected chi connectivity index (χ2v) is 17.8. The average molecular weight is 719 g/mol. The monoisotopic (exact) mass is 718 g/mol. The minimum Gasteiger partial charge on any atom is -0.481 e. The molecule has 4 saturated carbocycles. The third-order valence-electron chi connectivity index (χ3n) is 14.3. The number of rotatable bonds is 18. The summed E-state index contributed by atoms with van der Waals surface area (Å²) < 4.78 is 5.90. The molecule has 2 amide bonds. The van der Waals surface area contributed by atoms with Gasteiger partial charge >= 0.3 is 29.9 Å². The van der Waals surface area contributed by atoms with E-state index in [1.165, 1.54) is 57.8 Å². The number of esters is 1. The molecule has 5 N–H and O–H groups in total. The van der Waals surface area contributed by atoms with E-state index in [2.05, 4.69) is 45.3 Å². The normalized spacial score (nSPS) is 32.2. The number of hydrogen-bond donors (Lipinski definition) is 5. The summed E-state index contributed by atoms with van der Waals surface area (Å²) in [6, 6.07) is -0.800. The third-order valence-corrected chi connectivity index (χ3v) is 14.3. The summed E-state index contributed by atoms with van der Waals surface area (Å²) >= 11 is 0. The van der Waals surface area contributed by atoms with Gasteiger partial charge in [-0.25, -0.2) is 4.79 Å². The molecule has 11 nitrogen and oxygen atoms in total. The van der Waals surface area contributed by atoms with Crippen LogP contribution in [0.2, 0.25) is 0 Å². The number of aliphatic carboxylic acids is 3. The van der Waals surface area contributed by atoms with Gasteiger partial charge in [0.25, 0.3) is 0 Å². The van der Waals surface area contributed by atoms with E-state index in [4.69, 9.17) is 4.74 Å². The van der Waals surface area contributed by atoms with Gasteiger partial charge in [-0.2, -0.15) is 0 Å². The number of fused-ring (bicyclic) bond motifs is 5. The fourth-order valence-electron chi connectivity index (χ4n) is 11.6. The summed E-state index contributed by atoms with van der Waals surface area (Å²) in [7, 11) is 0. The summed E-state index contributed by atoms with van der Waals surface area (Å²) in [5.74, 6) is 1.20. The molecule has 4 unspecified atom stereocenters. The van der Waals surface area contributed by atoms with Crippen molar-refractivity contribution in [2.24, 2.45) is 52.3 Å². The van der Waals surface area contributed by atoms with Crippen LogP contribution in [0.25, 0.3) is 0 Å². The molecule has 9 atom stereocenters. The first kappa shape index (κ1) is 40.9. The highest BCUT2D eigenvalue weighted by atomic mass is 16.5. The third kappa shape index (κ3) is 10.2. The number of amides is 2. The zero-order valence-corrected chi connectivity index (χ0v) is 31.8. The standard InChI is InChI=1S/C40H66N2O9/c1-25(2)7-6-8-26(3)30-11-12-31-29-10-9-27-23-28(13-18-38(27,4)32(29)14-19-39(30,31)5)51-36(49)24-41-37(50)42-40(20-15-33(43)44,21-16-34(45)46)22-17-35(47)48/h25-32H,6-24H2,1-5H3,(H,43,44)(H,45,46)(H,47,48)(H2,41,42,50)/t26-,27+,28?,29?,30-,31?,32?,38+,39-/m1/s1. The molecule has 4 aliphatic rings. The Bertz CT molecular complexity index is 1210. The zero-order valence-electron chi connectivity index (χ0n) is 31.8. The maximum absolute atomic E-state index is 12.9. The topological polar surface area (TPSA) is 179 Å². The molecule has 0 bridgehead atoms. The number of urea groups is 1. The number of nitrogens with one attached hydrogen (secondary N) is 2. The van der Waals surface area contributed by atoms with Crippen molar-refractivity contribution in [1.29, 1.82) is 0 Å². The van der Waals surface area contributed by atoms with E-state index in [1.807, 2.05) is 0 Å². The fraction of sp³-hybridized carbons (Fsp3) is 0.875. The molecule has 0 radical (unpaired) electrons. The zero-order chi connectivity index (χ0) is 37.6. The number of carboxylic acid groups (broad SMARTS) is 3. The second-order valence-electron chi connectivity index (χ2n) is 17.8. The van der Waals surface area contributed by atoms with Crippen molar-refractivity contribution in [3.63, 3.8) is 0 Å². The molecule has 0 aliphatic heterocycles. The lowest BCUT2D eigenvalue weighted by molar-refractivity contribution is -0.161. The van der Waals surface area contributed by atoms with Gasteiger partial charge in [0.2, 0.25) is 0 Å². The van der Waals surface area contributed by atoms with Gasteiger partial charge in [-0.05, 0) is 129 Å². The quantitative estimate of drug-likeness (QED) is 0.0890. The molecule has 4 aliphatic carbocycles. The van der Waals surface area contributed by atoms with Crippen LogP contribution in [0, 0.1) is 52.3 Å². The fourth-order valence-corrected chi connectivity index (χ4v) is 11.6. The largest absolute Gasteiger partial charge is 0.481 e. The number of hydrogen-bond acceptors (Lipinski definition) is 6. The summed E-state index contributed by atoms with van der Waals surface area (Å²) in [6.07, 6.45) is 12.7. The maximum Gasteiger partial charge on any atom is 0.325 e. The molecule has 4 fully saturated rings. The molecule has 0 aromatic carbocycles. The lowest BCUT2D eigenvalue weighted by atomic mass is 9.44. The molecular weight excluding hydrogens is 652 g/mol. The smallest absolute Gasteiger partial charge is 0.325 e. The van der Waals surface area contributed by atoms with Crippen LogP contribution in [0.1, 0.15) is 150 Å². The van der Waals surface area contributed by atoms with Gasteiger partial charge in [-0.3, -0.25) is 19.2 Å². The Labute approximate surface area is 304 Å². The lowest BCUT2D eigenvalue weighted by Crippen LogP contribution is -2.55. The Morgan fingerprint density at radius 2 is 1.35 bits per heavy atom. The number of ether oxygens (including phenoxy) is 1. The van der Waals surface area contributed by atoms with Crippen LogP contribution in [-0.4, -0.2) is 63.4 Å². The predicted molar refractivity (Wildman–Crippen MR) is 193 cm³/mol. The minimum absolute atomic E-state index is 0.150. The Kier molecular flexibility index (Phi) is 13.9. The molecule has 51 heavy (non-hydrogen) atoms. The lowest BCUT2D eigenvalue weighted by Gasteiger charge is -2.61. The van der Waals surface area contributed by atoms with Gasteiger partial charge in [0.1, 0.15) is 12.6 Å². The molecule has 0 heterocycles. The summed E-state index contributed by atoms with van der Waals surface area (Å²) in [5, 5.41) is 32.8. The summed E-state index contributed by atoms with van der Waals surface area (Å²) in [5.41, 5.74) is -0.676. The average Bonchev–Trinajstić information content (AvgIpc) is 3.41. The molecule has 0 aromatic rings. The Hall–Kier alpha value is -2.85. The van der Waals surface area contributed by atoms with E-state index >= 15 is 0 Å². The second kappa shape index (κ2) is 17.3. The number of carboxylic acids is 3. The first-order chi connectivity index (χ1) is 24.0. The summed E-state index contributed by atoms with van der Waals surface area (Å²) in [4.78, 5) is 59.8. The molecule has 290 valence electrons. The van der Waals surface area contributed by atoms with Crippen LogP contribution in [-0.2, 0) is 23.9 Å². The van der Waals surface area contributed by atoms with E-state index in [-0.39, 0.29) is 50.0 Å². The first-order valence-corrected chi connectivity index (χ1v) is 19.9. The number of carbonyl (C=O) groups is 5. The van der Waals surface area contributed by atoms with Crippen molar-refractivity contribution in [3.05, 3.63) is 0 Å². The van der Waals surface area contributed by atoms with Crippen LogP contribution in [0.15, 0.2) is 0 Å². The Balaban J connectivity index is 1.29.